The molecule has 3 rings (SSSR count). The normalized spacial score (nSPS) is 11.3. The number of benzene rings is 1. The second-order valence-corrected chi connectivity index (χ2v) is 6.12. The topological polar surface area (TPSA) is 68.5 Å². The van der Waals surface area contributed by atoms with E-state index in [2.05, 4.69) is 15.6 Å². The number of methoxy groups -OCH3 is 1. The number of nitrogens with zero attached hydrogens (tertiary/aromatic N) is 3. The molecule has 0 aliphatic heterocycles. The molecular formula is C15H13ClN4O2S. The van der Waals surface area contributed by atoms with Gasteiger partial charge in [-0.2, -0.15) is 10.2 Å². The number of thiophene rings is 1. The van der Waals surface area contributed by atoms with Gasteiger partial charge in [-0.1, -0.05) is 11.6 Å². The third kappa shape index (κ3) is 3.06. The second kappa shape index (κ2) is 6.39. The molecule has 0 saturated carbocycles. The zero-order valence-electron chi connectivity index (χ0n) is 12.4. The summed E-state index contributed by atoms with van der Waals surface area (Å²) in [7, 11) is 3.39. The highest BCUT2D eigenvalue weighted by Crippen LogP contribution is 2.37. The first kappa shape index (κ1) is 15.5. The molecule has 1 N–H and O–H groups in total. The van der Waals surface area contributed by atoms with Crippen LogP contribution in [0.1, 0.15) is 15.4 Å². The Morgan fingerprint density at radius 3 is 3.00 bits per heavy atom. The Kier molecular flexibility index (Phi) is 4.31. The predicted molar refractivity (Wildman–Crippen MR) is 91.7 cm³/mol. The van der Waals surface area contributed by atoms with Crippen molar-refractivity contribution >= 4 is 45.1 Å². The molecule has 0 fully saturated rings. The summed E-state index contributed by atoms with van der Waals surface area (Å²) in [6.45, 7) is 0. The molecule has 0 aliphatic rings. The van der Waals surface area contributed by atoms with E-state index in [-0.39, 0.29) is 5.91 Å². The van der Waals surface area contributed by atoms with E-state index in [0.717, 1.165) is 21.5 Å². The molecule has 0 saturated heterocycles. The van der Waals surface area contributed by atoms with Crippen molar-refractivity contribution in [2.75, 3.05) is 7.11 Å². The Bertz CT molecular complexity index is 900. The standard InChI is InChI=1S/C15H13ClN4O2S/c1-20-9(5-6-18-20)8-17-19-15(21)14-13(16)11-4-3-10(22-2)7-12(11)23-14/h3-8H,1-2H3,(H,19,21)/b17-8+. The molecule has 0 aliphatic carbocycles. The lowest BCUT2D eigenvalue weighted by molar-refractivity contribution is 0.0959. The molecule has 8 heteroatoms. The van der Waals surface area contributed by atoms with E-state index in [4.69, 9.17) is 16.3 Å². The Morgan fingerprint density at radius 1 is 1.48 bits per heavy atom. The van der Waals surface area contributed by atoms with Gasteiger partial charge in [-0.15, -0.1) is 11.3 Å². The van der Waals surface area contributed by atoms with Gasteiger partial charge in [0, 0.05) is 23.3 Å². The van der Waals surface area contributed by atoms with Gasteiger partial charge in [0.2, 0.25) is 0 Å². The average Bonchev–Trinajstić information content (AvgIpc) is 3.11. The first-order chi connectivity index (χ1) is 11.1. The van der Waals surface area contributed by atoms with Crippen LogP contribution in [-0.4, -0.2) is 29.0 Å². The maximum absolute atomic E-state index is 12.3. The molecule has 0 unspecified atom stereocenters. The lowest BCUT2D eigenvalue weighted by Gasteiger charge is -1.98. The first-order valence-electron chi connectivity index (χ1n) is 6.67. The van der Waals surface area contributed by atoms with Gasteiger partial charge in [-0.3, -0.25) is 9.48 Å². The summed E-state index contributed by atoms with van der Waals surface area (Å²) in [6, 6.07) is 7.28. The number of amides is 1. The lowest BCUT2D eigenvalue weighted by atomic mass is 10.2. The molecule has 0 bridgehead atoms. The fraction of sp³-hybridized carbons (Fsp3) is 0.133. The molecule has 23 heavy (non-hydrogen) atoms. The largest absolute Gasteiger partial charge is 0.497 e. The first-order valence-corrected chi connectivity index (χ1v) is 7.87. The molecule has 6 nitrogen and oxygen atoms in total. The van der Waals surface area contributed by atoms with Crippen LogP contribution >= 0.6 is 22.9 Å². The van der Waals surface area contributed by atoms with E-state index in [0.29, 0.717) is 9.90 Å². The van der Waals surface area contributed by atoms with Crippen LogP contribution in [0.25, 0.3) is 10.1 Å². The number of rotatable bonds is 4. The number of hydrogen-bond acceptors (Lipinski definition) is 5. The Labute approximate surface area is 141 Å². The summed E-state index contributed by atoms with van der Waals surface area (Å²) < 4.78 is 7.71. The minimum absolute atomic E-state index is 0.353. The maximum Gasteiger partial charge on any atom is 0.283 e. The smallest absolute Gasteiger partial charge is 0.283 e. The Balaban J connectivity index is 1.82. The molecule has 3 aromatic rings. The Morgan fingerprint density at radius 2 is 2.30 bits per heavy atom. The molecule has 2 heterocycles. The van der Waals surface area contributed by atoms with Crippen LogP contribution in [0.3, 0.4) is 0 Å². The maximum atomic E-state index is 12.3. The van der Waals surface area contributed by atoms with Crippen molar-refractivity contribution in [1.29, 1.82) is 0 Å². The van der Waals surface area contributed by atoms with Crippen molar-refractivity contribution in [3.8, 4) is 5.75 Å². The van der Waals surface area contributed by atoms with E-state index < -0.39 is 0 Å². The molecular weight excluding hydrogens is 336 g/mol. The van der Waals surface area contributed by atoms with E-state index in [1.54, 1.807) is 31.1 Å². The van der Waals surface area contributed by atoms with Crippen molar-refractivity contribution in [2.45, 2.75) is 0 Å². The number of ether oxygens (including phenoxy) is 1. The number of nitrogens with one attached hydrogen (secondary N) is 1. The van der Waals surface area contributed by atoms with Gasteiger partial charge in [0.15, 0.2) is 0 Å². The fourth-order valence-corrected chi connectivity index (χ4v) is 3.47. The van der Waals surface area contributed by atoms with Crippen LogP contribution in [0, 0.1) is 0 Å². The van der Waals surface area contributed by atoms with Crippen LogP contribution in [-0.2, 0) is 7.05 Å². The summed E-state index contributed by atoms with van der Waals surface area (Å²) in [4.78, 5) is 12.7. The SMILES string of the molecule is COc1ccc2c(Cl)c(C(=O)N/N=C/c3ccnn3C)sc2c1. The monoisotopic (exact) mass is 348 g/mol. The number of hydrazone groups is 1. The summed E-state index contributed by atoms with van der Waals surface area (Å²) >= 11 is 7.59. The third-order valence-electron chi connectivity index (χ3n) is 3.26. The number of aryl methyl sites for hydroxylation is 1. The molecule has 0 radical (unpaired) electrons. The van der Waals surface area contributed by atoms with E-state index in [1.807, 2.05) is 18.2 Å². The van der Waals surface area contributed by atoms with Crippen molar-refractivity contribution in [3.63, 3.8) is 0 Å². The molecule has 1 amide bonds. The van der Waals surface area contributed by atoms with E-state index >= 15 is 0 Å². The molecule has 0 atom stereocenters. The second-order valence-electron chi connectivity index (χ2n) is 4.69. The number of carbonyl (C=O) groups excluding carboxylic acids is 1. The van der Waals surface area contributed by atoms with Crippen LogP contribution in [0.2, 0.25) is 5.02 Å². The van der Waals surface area contributed by atoms with Crippen LogP contribution in [0.4, 0.5) is 0 Å². The van der Waals surface area contributed by atoms with Gasteiger partial charge in [0.25, 0.3) is 5.91 Å². The number of carbonyl (C=O) groups is 1. The van der Waals surface area contributed by atoms with Crippen molar-refractivity contribution < 1.29 is 9.53 Å². The molecule has 0 spiro atoms. The van der Waals surface area contributed by atoms with E-state index in [1.165, 1.54) is 17.6 Å². The molecule has 1 aromatic carbocycles. The number of halogens is 1. The summed E-state index contributed by atoms with van der Waals surface area (Å²) in [5.74, 6) is 0.366. The number of fused-ring (bicyclic) bond motifs is 1. The summed E-state index contributed by atoms with van der Waals surface area (Å²) in [5, 5.41) is 9.18. The zero-order chi connectivity index (χ0) is 16.4. The highest BCUT2D eigenvalue weighted by Gasteiger charge is 2.17. The fourth-order valence-electron chi connectivity index (χ4n) is 2.04. The Hall–Kier alpha value is -2.38. The van der Waals surface area contributed by atoms with Crippen molar-refractivity contribution in [2.24, 2.45) is 12.1 Å². The number of hydrogen-bond donors (Lipinski definition) is 1. The zero-order valence-corrected chi connectivity index (χ0v) is 14.0. The highest BCUT2D eigenvalue weighted by molar-refractivity contribution is 7.21. The minimum Gasteiger partial charge on any atom is -0.497 e. The van der Waals surface area contributed by atoms with Gasteiger partial charge in [0.1, 0.15) is 10.6 Å². The van der Waals surface area contributed by atoms with Gasteiger partial charge in [-0.25, -0.2) is 5.43 Å². The number of aromatic nitrogens is 2. The third-order valence-corrected chi connectivity index (χ3v) is 4.92. The van der Waals surface area contributed by atoms with Crippen molar-refractivity contribution in [1.82, 2.24) is 15.2 Å². The van der Waals surface area contributed by atoms with Crippen LogP contribution < -0.4 is 10.2 Å². The van der Waals surface area contributed by atoms with E-state index in [9.17, 15) is 4.79 Å². The molecule has 118 valence electrons. The van der Waals surface area contributed by atoms with Gasteiger partial charge < -0.3 is 4.74 Å². The summed E-state index contributed by atoms with van der Waals surface area (Å²) in [6.07, 6.45) is 3.18. The quantitative estimate of drug-likeness (QED) is 0.582. The van der Waals surface area contributed by atoms with Gasteiger partial charge >= 0.3 is 0 Å². The van der Waals surface area contributed by atoms with Gasteiger partial charge in [-0.05, 0) is 24.3 Å². The van der Waals surface area contributed by atoms with Crippen LogP contribution in [0.5, 0.6) is 5.75 Å². The van der Waals surface area contributed by atoms with Gasteiger partial charge in [0.05, 0.1) is 24.0 Å². The summed E-state index contributed by atoms with van der Waals surface area (Å²) in [5.41, 5.74) is 3.25. The minimum atomic E-state index is -0.353. The highest BCUT2D eigenvalue weighted by atomic mass is 35.5. The molecule has 2 aromatic heterocycles. The average molecular weight is 349 g/mol. The van der Waals surface area contributed by atoms with Crippen molar-refractivity contribution in [3.05, 3.63) is 46.1 Å². The predicted octanol–water partition coefficient (Wildman–Crippen LogP) is 3.06. The lowest BCUT2D eigenvalue weighted by Crippen LogP contribution is -2.16. The van der Waals surface area contributed by atoms with Crippen LogP contribution in [0.15, 0.2) is 35.6 Å².